The minimum atomic E-state index is -0.466. The van der Waals surface area contributed by atoms with Crippen LogP contribution in [-0.2, 0) is 0 Å². The molecule has 0 bridgehead atoms. The molecule has 0 aliphatic rings. The Hall–Kier alpha value is -1.64. The fraction of sp³-hybridized carbons (Fsp3) is 0.333. The Balaban J connectivity index is 2.80. The summed E-state index contributed by atoms with van der Waals surface area (Å²) in [7, 11) is 0. The molecule has 0 fully saturated rings. The highest BCUT2D eigenvalue weighted by Gasteiger charge is 2.08. The number of aliphatic hydroxyl groups excluding tert-OH is 2. The van der Waals surface area contributed by atoms with Crippen molar-refractivity contribution in [2.75, 3.05) is 18.5 Å². The summed E-state index contributed by atoms with van der Waals surface area (Å²) < 4.78 is 0. The van der Waals surface area contributed by atoms with Gasteiger partial charge in [-0.1, -0.05) is 0 Å². The lowest BCUT2D eigenvalue weighted by Crippen LogP contribution is -2.28. The first-order chi connectivity index (χ1) is 6.81. The van der Waals surface area contributed by atoms with Crippen LogP contribution in [0.2, 0.25) is 0 Å². The molecule has 0 saturated carbocycles. The van der Waals surface area contributed by atoms with Crippen LogP contribution < -0.4 is 5.32 Å². The van der Waals surface area contributed by atoms with Gasteiger partial charge in [0.2, 0.25) is 0 Å². The molecule has 1 heterocycles. The van der Waals surface area contributed by atoms with Gasteiger partial charge < -0.3 is 15.5 Å². The van der Waals surface area contributed by atoms with E-state index < -0.39 is 6.04 Å². The number of aliphatic hydroxyl groups is 2. The minimum absolute atomic E-state index is 0.198. The molecule has 5 heteroatoms. The van der Waals surface area contributed by atoms with Crippen molar-refractivity contribution in [3.05, 3.63) is 24.0 Å². The first kappa shape index (κ1) is 10.4. The van der Waals surface area contributed by atoms with Crippen LogP contribution in [0.5, 0.6) is 0 Å². The SMILES string of the molecule is N#Cc1ccncc1NC(CO)CO. The second kappa shape index (κ2) is 5.17. The molecule has 0 radical (unpaired) electrons. The van der Waals surface area contributed by atoms with Crippen molar-refractivity contribution in [1.82, 2.24) is 4.98 Å². The summed E-state index contributed by atoms with van der Waals surface area (Å²) in [6, 6.07) is 3.08. The number of hydrogen-bond donors (Lipinski definition) is 3. The van der Waals surface area contributed by atoms with Gasteiger partial charge in [-0.15, -0.1) is 0 Å². The number of rotatable bonds is 4. The van der Waals surface area contributed by atoms with Crippen molar-refractivity contribution >= 4 is 5.69 Å². The highest BCUT2D eigenvalue weighted by atomic mass is 16.3. The molecule has 74 valence electrons. The van der Waals surface area contributed by atoms with E-state index in [-0.39, 0.29) is 13.2 Å². The van der Waals surface area contributed by atoms with Gasteiger partial charge in [-0.3, -0.25) is 4.98 Å². The van der Waals surface area contributed by atoms with Gasteiger partial charge in [-0.05, 0) is 6.07 Å². The molecular weight excluding hydrogens is 182 g/mol. The monoisotopic (exact) mass is 193 g/mol. The van der Waals surface area contributed by atoms with Crippen LogP contribution in [-0.4, -0.2) is 34.5 Å². The molecule has 0 amide bonds. The summed E-state index contributed by atoms with van der Waals surface area (Å²) in [4.78, 5) is 3.84. The first-order valence-corrected chi connectivity index (χ1v) is 4.14. The van der Waals surface area contributed by atoms with E-state index in [0.717, 1.165) is 0 Å². The molecule has 0 unspecified atom stereocenters. The number of nitrogens with one attached hydrogen (secondary N) is 1. The summed E-state index contributed by atoms with van der Waals surface area (Å²) in [6.45, 7) is -0.396. The summed E-state index contributed by atoms with van der Waals surface area (Å²) in [6.07, 6.45) is 2.99. The fourth-order valence-electron chi connectivity index (χ4n) is 0.976. The van der Waals surface area contributed by atoms with Gasteiger partial charge in [0.1, 0.15) is 6.07 Å². The van der Waals surface area contributed by atoms with Crippen molar-refractivity contribution in [1.29, 1.82) is 5.26 Å². The molecule has 1 rings (SSSR count). The van der Waals surface area contributed by atoms with E-state index in [9.17, 15) is 0 Å². The summed E-state index contributed by atoms with van der Waals surface area (Å²) >= 11 is 0. The van der Waals surface area contributed by atoms with E-state index in [2.05, 4.69) is 10.3 Å². The number of aromatic nitrogens is 1. The number of pyridine rings is 1. The lowest BCUT2D eigenvalue weighted by atomic mass is 10.2. The predicted octanol–water partition coefficient (Wildman–Crippen LogP) is -0.282. The zero-order chi connectivity index (χ0) is 10.4. The predicted molar refractivity (Wildman–Crippen MR) is 50.5 cm³/mol. The smallest absolute Gasteiger partial charge is 0.101 e. The highest BCUT2D eigenvalue weighted by Crippen LogP contribution is 2.12. The Morgan fingerprint density at radius 2 is 2.21 bits per heavy atom. The van der Waals surface area contributed by atoms with E-state index in [1.54, 1.807) is 6.07 Å². The van der Waals surface area contributed by atoms with Crippen LogP contribution in [0.4, 0.5) is 5.69 Å². The standard InChI is InChI=1S/C9H11N3O2/c10-3-7-1-2-11-4-9(7)12-8(5-13)6-14/h1-2,4,8,12-14H,5-6H2. The largest absolute Gasteiger partial charge is 0.394 e. The average molecular weight is 193 g/mol. The van der Waals surface area contributed by atoms with Crippen molar-refractivity contribution in [2.24, 2.45) is 0 Å². The minimum Gasteiger partial charge on any atom is -0.394 e. The summed E-state index contributed by atoms with van der Waals surface area (Å²) in [5.74, 6) is 0. The zero-order valence-electron chi connectivity index (χ0n) is 7.51. The van der Waals surface area contributed by atoms with Gasteiger partial charge in [0.15, 0.2) is 0 Å². The Morgan fingerprint density at radius 3 is 2.79 bits per heavy atom. The van der Waals surface area contributed by atoms with Crippen LogP contribution in [0.1, 0.15) is 5.56 Å². The van der Waals surface area contributed by atoms with Crippen LogP contribution in [0.15, 0.2) is 18.5 Å². The van der Waals surface area contributed by atoms with Gasteiger partial charge in [0, 0.05) is 6.20 Å². The molecule has 1 aromatic rings. The molecule has 0 aliphatic heterocycles. The van der Waals surface area contributed by atoms with Gasteiger partial charge in [0.25, 0.3) is 0 Å². The maximum Gasteiger partial charge on any atom is 0.101 e. The maximum atomic E-state index is 8.83. The van der Waals surface area contributed by atoms with E-state index in [0.29, 0.717) is 11.3 Å². The molecule has 5 nitrogen and oxygen atoms in total. The third-order valence-corrected chi connectivity index (χ3v) is 1.74. The van der Waals surface area contributed by atoms with Crippen molar-refractivity contribution < 1.29 is 10.2 Å². The topological polar surface area (TPSA) is 89.2 Å². The van der Waals surface area contributed by atoms with Gasteiger partial charge in [-0.25, -0.2) is 0 Å². The Kier molecular flexibility index (Phi) is 3.85. The fourth-order valence-corrected chi connectivity index (χ4v) is 0.976. The van der Waals surface area contributed by atoms with Gasteiger partial charge in [0.05, 0.1) is 36.7 Å². The second-order valence-corrected chi connectivity index (χ2v) is 2.74. The summed E-state index contributed by atoms with van der Waals surface area (Å²) in [5, 5.41) is 29.2. The molecule has 0 saturated heterocycles. The van der Waals surface area contributed by atoms with Crippen LogP contribution in [0.3, 0.4) is 0 Å². The number of hydrogen-bond acceptors (Lipinski definition) is 5. The van der Waals surface area contributed by atoms with E-state index in [4.69, 9.17) is 15.5 Å². The van der Waals surface area contributed by atoms with E-state index in [1.165, 1.54) is 12.4 Å². The van der Waals surface area contributed by atoms with Crippen LogP contribution >= 0.6 is 0 Å². The summed E-state index contributed by atoms with van der Waals surface area (Å²) in [5.41, 5.74) is 0.954. The van der Waals surface area contributed by atoms with E-state index >= 15 is 0 Å². The molecule has 3 N–H and O–H groups in total. The van der Waals surface area contributed by atoms with Gasteiger partial charge in [-0.2, -0.15) is 5.26 Å². The third kappa shape index (κ3) is 2.42. The van der Waals surface area contributed by atoms with Crippen LogP contribution in [0, 0.1) is 11.3 Å². The molecular formula is C9H11N3O2. The van der Waals surface area contributed by atoms with E-state index in [1.807, 2.05) is 6.07 Å². The quantitative estimate of drug-likeness (QED) is 0.612. The molecule has 0 aliphatic carbocycles. The zero-order valence-corrected chi connectivity index (χ0v) is 7.51. The lowest BCUT2D eigenvalue weighted by Gasteiger charge is -2.14. The molecule has 0 atom stereocenters. The Bertz CT molecular complexity index is 331. The first-order valence-electron chi connectivity index (χ1n) is 4.14. The molecule has 14 heavy (non-hydrogen) atoms. The lowest BCUT2D eigenvalue weighted by molar-refractivity contribution is 0.204. The molecule has 0 spiro atoms. The number of nitriles is 1. The Morgan fingerprint density at radius 1 is 1.50 bits per heavy atom. The van der Waals surface area contributed by atoms with Gasteiger partial charge >= 0.3 is 0 Å². The van der Waals surface area contributed by atoms with Crippen molar-refractivity contribution in [3.63, 3.8) is 0 Å². The third-order valence-electron chi connectivity index (χ3n) is 1.74. The normalized spacial score (nSPS) is 9.86. The molecule has 0 aromatic carbocycles. The second-order valence-electron chi connectivity index (χ2n) is 2.74. The highest BCUT2D eigenvalue weighted by molar-refractivity contribution is 5.55. The number of anilines is 1. The Labute approximate surface area is 81.6 Å². The average Bonchev–Trinajstić information content (AvgIpc) is 2.26. The van der Waals surface area contributed by atoms with Crippen LogP contribution in [0.25, 0.3) is 0 Å². The maximum absolute atomic E-state index is 8.83. The van der Waals surface area contributed by atoms with Crippen molar-refractivity contribution in [3.8, 4) is 6.07 Å². The molecule has 1 aromatic heterocycles. The van der Waals surface area contributed by atoms with Crippen molar-refractivity contribution in [2.45, 2.75) is 6.04 Å². The number of nitrogens with zero attached hydrogens (tertiary/aromatic N) is 2.